The van der Waals surface area contributed by atoms with Crippen molar-refractivity contribution in [2.75, 3.05) is 6.54 Å². The monoisotopic (exact) mass is 258 g/mol. The summed E-state index contributed by atoms with van der Waals surface area (Å²) in [5, 5.41) is 13.6. The number of hydrogen-bond acceptors (Lipinski definition) is 3. The number of carboxylic acids is 1. The largest absolute Gasteiger partial charge is 0.480 e. The number of carbonyl (C=O) groups is 3. The van der Waals surface area contributed by atoms with Crippen LogP contribution in [0.3, 0.4) is 0 Å². The van der Waals surface area contributed by atoms with Crippen molar-refractivity contribution < 1.29 is 19.5 Å². The maximum atomic E-state index is 11.3. The number of aliphatic carboxylic acids is 1. The molecular weight excluding hydrogens is 236 g/mol. The maximum Gasteiger partial charge on any atom is 0.325 e. The van der Waals surface area contributed by atoms with E-state index in [2.05, 4.69) is 24.5 Å². The Kier molecular flexibility index (Phi) is 7.74. The molecule has 1 atom stereocenters. The third-order valence-corrected chi connectivity index (χ3v) is 2.37. The van der Waals surface area contributed by atoms with Gasteiger partial charge in [-0.05, 0) is 19.3 Å². The third kappa shape index (κ3) is 8.55. The number of hydrogen-bond donors (Lipinski definition) is 3. The van der Waals surface area contributed by atoms with E-state index in [0.717, 1.165) is 6.42 Å². The normalized spacial score (nSPS) is 12.0. The van der Waals surface area contributed by atoms with Crippen molar-refractivity contribution in [2.45, 2.75) is 46.1 Å². The molecule has 0 aromatic carbocycles. The predicted octanol–water partition coefficient (Wildman–Crippen LogP) is 0.518. The van der Waals surface area contributed by atoms with Crippen LogP contribution in [0.5, 0.6) is 0 Å². The van der Waals surface area contributed by atoms with Gasteiger partial charge < -0.3 is 15.7 Å². The Morgan fingerprint density at radius 3 is 2.11 bits per heavy atom. The summed E-state index contributed by atoms with van der Waals surface area (Å²) in [4.78, 5) is 33.1. The zero-order valence-electron chi connectivity index (χ0n) is 11.2. The fourth-order valence-corrected chi connectivity index (χ4v) is 1.19. The number of rotatable bonds is 8. The lowest BCUT2D eigenvalue weighted by Crippen LogP contribution is -2.38. The Morgan fingerprint density at radius 2 is 1.61 bits per heavy atom. The van der Waals surface area contributed by atoms with Gasteiger partial charge in [0.05, 0.1) is 0 Å². The van der Waals surface area contributed by atoms with Gasteiger partial charge in [-0.3, -0.25) is 14.4 Å². The smallest absolute Gasteiger partial charge is 0.325 e. The molecule has 2 amide bonds. The van der Waals surface area contributed by atoms with Crippen molar-refractivity contribution in [3.05, 3.63) is 0 Å². The van der Waals surface area contributed by atoms with Crippen LogP contribution < -0.4 is 10.6 Å². The molecule has 0 rings (SSSR count). The number of nitrogens with one attached hydrogen (secondary N) is 2. The maximum absolute atomic E-state index is 11.3. The molecule has 0 aliphatic carbocycles. The van der Waals surface area contributed by atoms with E-state index >= 15 is 0 Å². The first kappa shape index (κ1) is 16.4. The van der Waals surface area contributed by atoms with Crippen LogP contribution in [0.25, 0.3) is 0 Å². The van der Waals surface area contributed by atoms with E-state index in [1.165, 1.54) is 6.92 Å². The Bertz CT molecular complexity index is 302. The molecule has 0 radical (unpaired) electrons. The average molecular weight is 258 g/mol. The van der Waals surface area contributed by atoms with Gasteiger partial charge in [-0.25, -0.2) is 0 Å². The van der Waals surface area contributed by atoms with Crippen LogP contribution in [0, 0.1) is 5.92 Å². The van der Waals surface area contributed by atoms with E-state index in [1.54, 1.807) is 0 Å². The van der Waals surface area contributed by atoms with Crippen molar-refractivity contribution in [2.24, 2.45) is 5.92 Å². The molecule has 6 heteroatoms. The van der Waals surface area contributed by atoms with Gasteiger partial charge in [0, 0.05) is 19.4 Å². The first-order valence-corrected chi connectivity index (χ1v) is 6.11. The van der Waals surface area contributed by atoms with Gasteiger partial charge in [0.25, 0.3) is 0 Å². The molecule has 0 saturated carbocycles. The van der Waals surface area contributed by atoms with Crippen LogP contribution in [0.15, 0.2) is 0 Å². The minimum Gasteiger partial charge on any atom is -0.480 e. The minimum absolute atomic E-state index is 0.00509. The summed E-state index contributed by atoms with van der Waals surface area (Å²) >= 11 is 0. The zero-order chi connectivity index (χ0) is 14.1. The number of amides is 2. The molecule has 0 bridgehead atoms. The molecule has 104 valence electrons. The molecule has 0 aliphatic heterocycles. The Balaban J connectivity index is 3.72. The average Bonchev–Trinajstić information content (AvgIpc) is 2.25. The van der Waals surface area contributed by atoms with E-state index in [-0.39, 0.29) is 18.7 Å². The van der Waals surface area contributed by atoms with Gasteiger partial charge in [0.2, 0.25) is 11.8 Å². The van der Waals surface area contributed by atoms with E-state index in [4.69, 9.17) is 5.11 Å². The Labute approximate surface area is 107 Å². The SMILES string of the molecule is CC(C)CCNC(=O)CCC(=O)NC(C)C(=O)O. The molecule has 0 aromatic rings. The minimum atomic E-state index is -1.09. The summed E-state index contributed by atoms with van der Waals surface area (Å²) < 4.78 is 0. The van der Waals surface area contributed by atoms with Crippen LogP contribution in [0.4, 0.5) is 0 Å². The lowest BCUT2D eigenvalue weighted by Gasteiger charge is -2.09. The van der Waals surface area contributed by atoms with Crippen LogP contribution in [-0.4, -0.2) is 35.5 Å². The molecule has 0 spiro atoms. The summed E-state index contributed by atoms with van der Waals surface area (Å²) in [6, 6.07) is -0.929. The van der Waals surface area contributed by atoms with Crippen LogP contribution >= 0.6 is 0 Å². The van der Waals surface area contributed by atoms with E-state index in [9.17, 15) is 14.4 Å². The van der Waals surface area contributed by atoms with Crippen molar-refractivity contribution in [3.8, 4) is 0 Å². The molecule has 18 heavy (non-hydrogen) atoms. The quantitative estimate of drug-likeness (QED) is 0.591. The second-order valence-corrected chi connectivity index (χ2v) is 4.66. The first-order valence-electron chi connectivity index (χ1n) is 6.11. The highest BCUT2D eigenvalue weighted by atomic mass is 16.4. The summed E-state index contributed by atoms with van der Waals surface area (Å²) in [5.41, 5.74) is 0. The summed E-state index contributed by atoms with van der Waals surface area (Å²) in [6.07, 6.45) is 0.982. The van der Waals surface area contributed by atoms with Gasteiger partial charge in [-0.2, -0.15) is 0 Å². The molecular formula is C12H22N2O4. The number of carboxylic acid groups (broad SMARTS) is 1. The molecule has 0 saturated heterocycles. The zero-order valence-corrected chi connectivity index (χ0v) is 11.2. The van der Waals surface area contributed by atoms with Crippen molar-refractivity contribution >= 4 is 17.8 Å². The summed E-state index contributed by atoms with van der Waals surface area (Å²) in [7, 11) is 0. The Morgan fingerprint density at radius 1 is 1.06 bits per heavy atom. The van der Waals surface area contributed by atoms with Crippen molar-refractivity contribution in [1.29, 1.82) is 0 Å². The molecule has 0 aromatic heterocycles. The highest BCUT2D eigenvalue weighted by molar-refractivity contribution is 5.86. The predicted molar refractivity (Wildman–Crippen MR) is 66.9 cm³/mol. The molecule has 0 aliphatic rings. The fourth-order valence-electron chi connectivity index (χ4n) is 1.19. The van der Waals surface area contributed by atoms with Crippen molar-refractivity contribution in [3.63, 3.8) is 0 Å². The van der Waals surface area contributed by atoms with Crippen molar-refractivity contribution in [1.82, 2.24) is 10.6 Å². The van der Waals surface area contributed by atoms with E-state index < -0.39 is 17.9 Å². The lowest BCUT2D eigenvalue weighted by atomic mass is 10.1. The Hall–Kier alpha value is -1.59. The van der Waals surface area contributed by atoms with Gasteiger partial charge in [0.15, 0.2) is 0 Å². The standard InChI is InChI=1S/C12H22N2O4/c1-8(2)6-7-13-10(15)4-5-11(16)14-9(3)12(17)18/h8-9H,4-7H2,1-3H3,(H,13,15)(H,14,16)(H,17,18). The third-order valence-electron chi connectivity index (χ3n) is 2.37. The second kappa shape index (κ2) is 8.49. The molecule has 3 N–H and O–H groups in total. The van der Waals surface area contributed by atoms with Gasteiger partial charge in [-0.15, -0.1) is 0 Å². The highest BCUT2D eigenvalue weighted by Gasteiger charge is 2.14. The van der Waals surface area contributed by atoms with Gasteiger partial charge in [0.1, 0.15) is 6.04 Å². The lowest BCUT2D eigenvalue weighted by molar-refractivity contribution is -0.141. The molecule has 0 heterocycles. The molecule has 6 nitrogen and oxygen atoms in total. The summed E-state index contributed by atoms with van der Waals surface area (Å²) in [6.45, 7) is 6.10. The topological polar surface area (TPSA) is 95.5 Å². The molecule has 1 unspecified atom stereocenters. The highest BCUT2D eigenvalue weighted by Crippen LogP contribution is 1.97. The van der Waals surface area contributed by atoms with E-state index in [0.29, 0.717) is 12.5 Å². The fraction of sp³-hybridized carbons (Fsp3) is 0.750. The van der Waals surface area contributed by atoms with Gasteiger partial charge in [-0.1, -0.05) is 13.8 Å². The van der Waals surface area contributed by atoms with Crippen LogP contribution in [0.2, 0.25) is 0 Å². The first-order chi connectivity index (χ1) is 8.32. The number of carbonyl (C=O) groups excluding carboxylic acids is 2. The second-order valence-electron chi connectivity index (χ2n) is 4.66. The molecule has 0 fully saturated rings. The van der Waals surface area contributed by atoms with E-state index in [1.807, 2.05) is 0 Å². The van der Waals surface area contributed by atoms with Crippen LogP contribution in [-0.2, 0) is 14.4 Å². The van der Waals surface area contributed by atoms with Crippen LogP contribution in [0.1, 0.15) is 40.0 Å². The summed E-state index contributed by atoms with van der Waals surface area (Å²) in [5.74, 6) is -1.19. The van der Waals surface area contributed by atoms with Gasteiger partial charge >= 0.3 is 5.97 Å².